The lowest BCUT2D eigenvalue weighted by molar-refractivity contribution is -0.146. The van der Waals surface area contributed by atoms with Crippen LogP contribution in [-0.2, 0) is 25.3 Å². The lowest BCUT2D eigenvalue weighted by atomic mass is 10.1. The molecule has 5 nitrogen and oxygen atoms in total. The normalized spacial score (nSPS) is 12.6. The number of carbonyl (C=O) groups excluding carboxylic acids is 1. The molecule has 0 aliphatic heterocycles. The second-order valence-electron chi connectivity index (χ2n) is 10.8. The molecule has 0 amide bonds. The Morgan fingerprint density at radius 1 is 0.846 bits per heavy atom. The molecule has 3 rings (SSSR count). The molecule has 0 unspecified atom stereocenters. The van der Waals surface area contributed by atoms with E-state index in [2.05, 4.69) is 81.4 Å². The number of carbonyl (C=O) groups is 1. The number of methoxy groups -OCH3 is 1. The maximum absolute atomic E-state index is 12.3. The van der Waals surface area contributed by atoms with Crippen LogP contribution in [0.2, 0.25) is 5.04 Å². The van der Waals surface area contributed by atoms with Crippen molar-refractivity contribution in [3.8, 4) is 5.75 Å². The largest absolute Gasteiger partial charge is 0.497 e. The predicted octanol–water partition coefficient (Wildman–Crippen LogP) is 6.28. The van der Waals surface area contributed by atoms with Gasteiger partial charge in [-0.1, -0.05) is 93.6 Å². The predicted molar refractivity (Wildman–Crippen MR) is 160 cm³/mol. The molecule has 0 fully saturated rings. The number of benzene rings is 3. The van der Waals surface area contributed by atoms with Crippen molar-refractivity contribution in [1.29, 1.82) is 0 Å². The summed E-state index contributed by atoms with van der Waals surface area (Å²) >= 11 is 0. The van der Waals surface area contributed by atoms with Gasteiger partial charge in [-0.15, -0.1) is 0 Å². The van der Waals surface area contributed by atoms with Gasteiger partial charge in [-0.2, -0.15) is 0 Å². The topological polar surface area (TPSA) is 54.0 Å². The first kappa shape index (κ1) is 30.6. The maximum Gasteiger partial charge on any atom is 0.308 e. The molecule has 210 valence electrons. The van der Waals surface area contributed by atoms with Crippen molar-refractivity contribution < 1.29 is 23.4 Å². The van der Waals surface area contributed by atoms with Gasteiger partial charge >= 0.3 is 5.97 Å². The van der Waals surface area contributed by atoms with Crippen LogP contribution in [0.15, 0.2) is 84.9 Å². The second-order valence-corrected chi connectivity index (χ2v) is 15.1. The molecule has 0 heterocycles. The molecule has 0 N–H and O–H groups in total. The molecule has 0 aromatic heterocycles. The van der Waals surface area contributed by atoms with Crippen molar-refractivity contribution in [3.05, 3.63) is 90.5 Å². The molecule has 3 aromatic rings. The summed E-state index contributed by atoms with van der Waals surface area (Å²) in [6.45, 7) is 10.2. The number of rotatable bonds is 15. The summed E-state index contributed by atoms with van der Waals surface area (Å²) in [6.07, 6.45) is 2.58. The van der Waals surface area contributed by atoms with Crippen LogP contribution in [0.25, 0.3) is 0 Å². The molecular weight excluding hydrogens is 504 g/mol. The van der Waals surface area contributed by atoms with Gasteiger partial charge in [0.25, 0.3) is 8.32 Å². The second kappa shape index (κ2) is 15.0. The SMILES string of the molecule is CCOC(=O)C[C@@H](CCCCO[Si](c1ccccc1)(c1ccccc1)C(C)(C)C)OCc1ccc(OC)cc1. The third-order valence-electron chi connectivity index (χ3n) is 7.00. The van der Waals surface area contributed by atoms with Crippen LogP contribution in [0, 0.1) is 0 Å². The highest BCUT2D eigenvalue weighted by atomic mass is 28.4. The molecular formula is C33H44O5Si. The Bertz CT molecular complexity index is 1070. The maximum atomic E-state index is 12.3. The molecule has 0 aliphatic carbocycles. The molecule has 3 aromatic carbocycles. The van der Waals surface area contributed by atoms with Crippen molar-refractivity contribution in [3.63, 3.8) is 0 Å². The highest BCUT2D eigenvalue weighted by molar-refractivity contribution is 6.99. The zero-order valence-corrected chi connectivity index (χ0v) is 25.2. The monoisotopic (exact) mass is 548 g/mol. The summed E-state index contributed by atoms with van der Waals surface area (Å²) in [4.78, 5) is 12.3. The third-order valence-corrected chi connectivity index (χ3v) is 12.0. The zero-order valence-electron chi connectivity index (χ0n) is 24.2. The average molecular weight is 549 g/mol. The van der Waals surface area contributed by atoms with Crippen molar-refractivity contribution in [1.82, 2.24) is 0 Å². The van der Waals surface area contributed by atoms with Crippen LogP contribution < -0.4 is 15.1 Å². The molecule has 0 spiro atoms. The van der Waals surface area contributed by atoms with E-state index in [1.165, 1.54) is 10.4 Å². The van der Waals surface area contributed by atoms with Crippen molar-refractivity contribution in [2.45, 2.75) is 71.1 Å². The van der Waals surface area contributed by atoms with Crippen LogP contribution >= 0.6 is 0 Å². The van der Waals surface area contributed by atoms with Gasteiger partial charge < -0.3 is 18.6 Å². The first-order chi connectivity index (χ1) is 18.8. The van der Waals surface area contributed by atoms with E-state index in [9.17, 15) is 4.79 Å². The molecule has 0 saturated carbocycles. The Morgan fingerprint density at radius 3 is 1.95 bits per heavy atom. The van der Waals surface area contributed by atoms with E-state index in [0.29, 0.717) is 19.8 Å². The highest BCUT2D eigenvalue weighted by Gasteiger charge is 2.49. The minimum atomic E-state index is -2.55. The Labute approximate surface area is 235 Å². The Balaban J connectivity index is 1.66. The zero-order chi connectivity index (χ0) is 28.1. The fraction of sp³-hybridized carbons (Fsp3) is 0.424. The average Bonchev–Trinajstić information content (AvgIpc) is 2.94. The van der Waals surface area contributed by atoms with Gasteiger partial charge in [-0.3, -0.25) is 4.79 Å². The van der Waals surface area contributed by atoms with E-state index in [0.717, 1.165) is 30.6 Å². The Morgan fingerprint density at radius 2 is 1.44 bits per heavy atom. The van der Waals surface area contributed by atoms with Crippen LogP contribution in [0.4, 0.5) is 0 Å². The summed E-state index contributed by atoms with van der Waals surface area (Å²) in [6, 6.07) is 29.2. The Kier molecular flexibility index (Phi) is 11.8. The lowest BCUT2D eigenvalue weighted by Gasteiger charge is -2.43. The smallest absolute Gasteiger partial charge is 0.308 e. The van der Waals surface area contributed by atoms with Crippen LogP contribution in [0.5, 0.6) is 5.75 Å². The number of hydrogen-bond acceptors (Lipinski definition) is 5. The van der Waals surface area contributed by atoms with Crippen molar-refractivity contribution >= 4 is 24.7 Å². The lowest BCUT2D eigenvalue weighted by Crippen LogP contribution is -2.66. The van der Waals surface area contributed by atoms with Crippen LogP contribution in [0.1, 0.15) is 58.9 Å². The highest BCUT2D eigenvalue weighted by Crippen LogP contribution is 2.36. The fourth-order valence-electron chi connectivity index (χ4n) is 5.05. The summed E-state index contributed by atoms with van der Waals surface area (Å²) < 4.78 is 23.6. The number of ether oxygens (including phenoxy) is 3. The van der Waals surface area contributed by atoms with Crippen LogP contribution in [0.3, 0.4) is 0 Å². The molecule has 0 saturated heterocycles. The van der Waals surface area contributed by atoms with E-state index >= 15 is 0 Å². The van der Waals surface area contributed by atoms with E-state index < -0.39 is 8.32 Å². The first-order valence-electron chi connectivity index (χ1n) is 13.9. The number of esters is 1. The van der Waals surface area contributed by atoms with Gasteiger partial charge in [-0.05, 0) is 59.3 Å². The van der Waals surface area contributed by atoms with Gasteiger partial charge in [0.2, 0.25) is 0 Å². The molecule has 0 aliphatic rings. The van der Waals surface area contributed by atoms with Gasteiger partial charge in [0.05, 0.1) is 32.8 Å². The molecule has 0 radical (unpaired) electrons. The number of hydrogen-bond donors (Lipinski definition) is 0. The minimum Gasteiger partial charge on any atom is -0.497 e. The summed E-state index contributed by atoms with van der Waals surface area (Å²) in [5, 5.41) is 2.52. The molecule has 6 heteroatoms. The van der Waals surface area contributed by atoms with E-state index in [-0.39, 0.29) is 23.5 Å². The van der Waals surface area contributed by atoms with Gasteiger partial charge in [0, 0.05) is 6.61 Å². The van der Waals surface area contributed by atoms with E-state index in [1.54, 1.807) is 7.11 Å². The summed E-state index contributed by atoms with van der Waals surface area (Å²) in [5.74, 6) is 0.587. The quantitative estimate of drug-likeness (QED) is 0.127. The molecule has 1 atom stereocenters. The van der Waals surface area contributed by atoms with E-state index in [1.807, 2.05) is 31.2 Å². The van der Waals surface area contributed by atoms with E-state index in [4.69, 9.17) is 18.6 Å². The first-order valence-corrected chi connectivity index (χ1v) is 15.9. The van der Waals surface area contributed by atoms with Crippen molar-refractivity contribution in [2.75, 3.05) is 20.3 Å². The van der Waals surface area contributed by atoms with Gasteiger partial charge in [0.15, 0.2) is 0 Å². The summed E-state index contributed by atoms with van der Waals surface area (Å²) in [7, 11) is -0.895. The summed E-state index contributed by atoms with van der Waals surface area (Å²) in [5.41, 5.74) is 1.04. The van der Waals surface area contributed by atoms with Crippen LogP contribution in [-0.4, -0.2) is 40.7 Å². The number of unbranched alkanes of at least 4 members (excludes halogenated alkanes) is 1. The standard InChI is InChI=1S/C33H44O5Si/c1-6-36-32(34)25-29(37-26-27-20-22-28(35-5)23-21-27)15-13-14-24-38-39(33(2,3)4,30-16-9-7-10-17-30)31-18-11-8-12-19-31/h7-12,16-23,29H,6,13-15,24-26H2,1-5H3/t29-/m1/s1. The molecule has 0 bridgehead atoms. The molecule has 39 heavy (non-hydrogen) atoms. The van der Waals surface area contributed by atoms with Gasteiger partial charge in [0.1, 0.15) is 5.75 Å². The van der Waals surface area contributed by atoms with Crippen molar-refractivity contribution in [2.24, 2.45) is 0 Å². The Hall–Kier alpha value is -2.93. The fourth-order valence-corrected chi connectivity index (χ4v) is 9.65. The third kappa shape index (κ3) is 8.52. The van der Waals surface area contributed by atoms with Gasteiger partial charge in [-0.25, -0.2) is 0 Å². The minimum absolute atomic E-state index is 0.0520.